The van der Waals surface area contributed by atoms with Crippen molar-refractivity contribution in [3.63, 3.8) is 0 Å². The summed E-state index contributed by atoms with van der Waals surface area (Å²) in [5.74, 6) is -0.242. The van der Waals surface area contributed by atoms with Crippen molar-refractivity contribution in [2.75, 3.05) is 10.6 Å². The van der Waals surface area contributed by atoms with Gasteiger partial charge in [0.15, 0.2) is 0 Å². The highest BCUT2D eigenvalue weighted by Gasteiger charge is 2.19. The van der Waals surface area contributed by atoms with Crippen LogP contribution in [0.1, 0.15) is 21.6 Å². The highest BCUT2D eigenvalue weighted by atomic mass is 35.5. The summed E-state index contributed by atoms with van der Waals surface area (Å²) in [5.41, 5.74) is 2.29. The molecule has 156 valence electrons. The minimum absolute atomic E-state index is 0.0747. The van der Waals surface area contributed by atoms with Gasteiger partial charge < -0.3 is 5.32 Å². The largest absolute Gasteiger partial charge is 0.346 e. The summed E-state index contributed by atoms with van der Waals surface area (Å²) in [6.45, 7) is 0.393. The van der Waals surface area contributed by atoms with Gasteiger partial charge in [-0.2, -0.15) is 0 Å². The molecule has 0 bridgehead atoms. The molecule has 3 aromatic rings. The predicted octanol–water partition coefficient (Wildman–Crippen LogP) is 4.28. The smallest absolute Gasteiger partial charge is 0.251 e. The minimum Gasteiger partial charge on any atom is -0.346 e. The van der Waals surface area contributed by atoms with Crippen LogP contribution in [0.3, 0.4) is 0 Å². The Hall–Kier alpha value is -2.61. The van der Waals surface area contributed by atoms with Gasteiger partial charge in [0.05, 0.1) is 30.7 Å². The Labute approximate surface area is 185 Å². The molecule has 3 rings (SSSR count). The second-order valence-corrected chi connectivity index (χ2v) is 9.38. The molecule has 1 amide bonds. The molecule has 0 spiro atoms. The van der Waals surface area contributed by atoms with Gasteiger partial charge in [0, 0.05) is 21.8 Å². The van der Waals surface area contributed by atoms with Crippen LogP contribution in [0.15, 0.2) is 66.9 Å². The molecule has 0 unspecified atom stereocenters. The lowest BCUT2D eigenvalue weighted by atomic mass is 10.1. The van der Waals surface area contributed by atoms with Gasteiger partial charge in [-0.1, -0.05) is 41.4 Å². The molecular weight excluding hydrogens is 445 g/mol. The van der Waals surface area contributed by atoms with E-state index in [9.17, 15) is 13.2 Å². The molecule has 1 heterocycles. The van der Waals surface area contributed by atoms with E-state index in [-0.39, 0.29) is 12.5 Å². The second-order valence-electron chi connectivity index (χ2n) is 6.60. The first-order chi connectivity index (χ1) is 14.2. The number of sulfonamides is 1. The van der Waals surface area contributed by atoms with E-state index in [2.05, 4.69) is 10.3 Å². The van der Waals surface area contributed by atoms with Crippen LogP contribution in [-0.2, 0) is 23.1 Å². The second kappa shape index (κ2) is 9.47. The predicted molar refractivity (Wildman–Crippen MR) is 119 cm³/mol. The first-order valence-corrected chi connectivity index (χ1v) is 11.5. The molecule has 30 heavy (non-hydrogen) atoms. The van der Waals surface area contributed by atoms with Crippen LogP contribution in [-0.4, -0.2) is 25.6 Å². The Morgan fingerprint density at radius 3 is 2.27 bits per heavy atom. The molecule has 0 aliphatic rings. The lowest BCUT2D eigenvalue weighted by Crippen LogP contribution is -2.29. The van der Waals surface area contributed by atoms with E-state index in [1.54, 1.807) is 36.5 Å². The molecule has 2 aromatic carbocycles. The van der Waals surface area contributed by atoms with E-state index >= 15 is 0 Å². The van der Waals surface area contributed by atoms with Crippen molar-refractivity contribution in [1.29, 1.82) is 0 Å². The number of benzene rings is 2. The standard InChI is InChI=1S/C21H19Cl2N3O3S/c1-30(28,29)26(20-11-17(22)10-18(23)12-20)14-15-5-7-16(8-6-15)21(27)25-13-19-4-2-3-9-24-19/h2-12H,13-14H2,1H3,(H,25,27). The number of nitrogens with zero attached hydrogens (tertiary/aromatic N) is 2. The van der Waals surface area contributed by atoms with E-state index in [1.165, 1.54) is 22.5 Å². The highest BCUT2D eigenvalue weighted by molar-refractivity contribution is 7.92. The SMILES string of the molecule is CS(=O)(=O)N(Cc1ccc(C(=O)NCc2ccccn2)cc1)c1cc(Cl)cc(Cl)c1. The van der Waals surface area contributed by atoms with Crippen molar-refractivity contribution in [1.82, 2.24) is 10.3 Å². The number of carbonyl (C=O) groups excluding carboxylic acids is 1. The zero-order chi connectivity index (χ0) is 21.7. The van der Waals surface area contributed by atoms with Crippen LogP contribution in [0.4, 0.5) is 5.69 Å². The summed E-state index contributed by atoms with van der Waals surface area (Å²) >= 11 is 12.0. The third-order valence-electron chi connectivity index (χ3n) is 4.23. The number of rotatable bonds is 7. The molecule has 0 fully saturated rings. The Balaban J connectivity index is 1.73. The first kappa shape index (κ1) is 22.1. The van der Waals surface area contributed by atoms with E-state index in [4.69, 9.17) is 23.2 Å². The van der Waals surface area contributed by atoms with Crippen molar-refractivity contribution < 1.29 is 13.2 Å². The zero-order valence-electron chi connectivity index (χ0n) is 16.0. The van der Waals surface area contributed by atoms with Crippen LogP contribution < -0.4 is 9.62 Å². The first-order valence-electron chi connectivity index (χ1n) is 8.93. The maximum absolute atomic E-state index is 12.3. The molecule has 0 saturated carbocycles. The number of aromatic nitrogens is 1. The van der Waals surface area contributed by atoms with Gasteiger partial charge in [0.2, 0.25) is 10.0 Å². The fourth-order valence-electron chi connectivity index (χ4n) is 2.79. The summed E-state index contributed by atoms with van der Waals surface area (Å²) < 4.78 is 25.9. The lowest BCUT2D eigenvalue weighted by molar-refractivity contribution is 0.0950. The van der Waals surface area contributed by atoms with Gasteiger partial charge in [-0.15, -0.1) is 0 Å². The molecule has 0 saturated heterocycles. The molecule has 0 atom stereocenters. The van der Waals surface area contributed by atoms with Crippen LogP contribution >= 0.6 is 23.2 Å². The number of carbonyl (C=O) groups is 1. The maximum Gasteiger partial charge on any atom is 0.251 e. The van der Waals surface area contributed by atoms with Crippen LogP contribution in [0.2, 0.25) is 10.0 Å². The Morgan fingerprint density at radius 2 is 1.70 bits per heavy atom. The van der Waals surface area contributed by atoms with E-state index in [0.29, 0.717) is 33.4 Å². The molecule has 0 radical (unpaired) electrons. The Kier molecular flexibility index (Phi) is 6.97. The Bertz CT molecular complexity index is 1120. The monoisotopic (exact) mass is 463 g/mol. The summed E-state index contributed by atoms with van der Waals surface area (Å²) in [4.78, 5) is 16.5. The molecule has 1 N–H and O–H groups in total. The molecule has 6 nitrogen and oxygen atoms in total. The summed E-state index contributed by atoms with van der Waals surface area (Å²) in [6.07, 6.45) is 2.78. The molecule has 9 heteroatoms. The fraction of sp³-hybridized carbons (Fsp3) is 0.143. The third kappa shape index (κ3) is 5.95. The maximum atomic E-state index is 12.3. The number of halogens is 2. The molecule has 0 aliphatic heterocycles. The van der Waals surface area contributed by atoms with Crippen molar-refractivity contribution in [2.45, 2.75) is 13.1 Å². The fourth-order valence-corrected chi connectivity index (χ4v) is 4.17. The summed E-state index contributed by atoms with van der Waals surface area (Å²) in [5, 5.41) is 3.48. The van der Waals surface area contributed by atoms with Gasteiger partial charge in [0.25, 0.3) is 5.91 Å². The van der Waals surface area contributed by atoms with Crippen LogP contribution in [0.5, 0.6) is 0 Å². The Morgan fingerprint density at radius 1 is 1.03 bits per heavy atom. The number of amides is 1. The molecular formula is C21H19Cl2N3O3S. The van der Waals surface area contributed by atoms with Crippen molar-refractivity contribution in [3.8, 4) is 0 Å². The summed E-state index contributed by atoms with van der Waals surface area (Å²) in [6, 6.07) is 16.8. The van der Waals surface area contributed by atoms with Gasteiger partial charge in [-0.3, -0.25) is 14.1 Å². The number of hydrogen-bond donors (Lipinski definition) is 1. The lowest BCUT2D eigenvalue weighted by Gasteiger charge is -2.23. The average molecular weight is 464 g/mol. The minimum atomic E-state index is -3.59. The average Bonchev–Trinajstić information content (AvgIpc) is 2.70. The van der Waals surface area contributed by atoms with Gasteiger partial charge in [0.1, 0.15) is 0 Å². The van der Waals surface area contributed by atoms with Crippen molar-refractivity contribution >= 4 is 44.8 Å². The number of pyridine rings is 1. The van der Waals surface area contributed by atoms with E-state index in [1.807, 2.05) is 12.1 Å². The van der Waals surface area contributed by atoms with Crippen molar-refractivity contribution in [2.24, 2.45) is 0 Å². The molecule has 0 aliphatic carbocycles. The highest BCUT2D eigenvalue weighted by Crippen LogP contribution is 2.28. The van der Waals surface area contributed by atoms with Crippen LogP contribution in [0.25, 0.3) is 0 Å². The summed E-state index contributed by atoms with van der Waals surface area (Å²) in [7, 11) is -3.59. The topological polar surface area (TPSA) is 79.4 Å². The van der Waals surface area contributed by atoms with E-state index in [0.717, 1.165) is 11.9 Å². The van der Waals surface area contributed by atoms with Gasteiger partial charge in [-0.05, 0) is 48.0 Å². The number of hydrogen-bond acceptors (Lipinski definition) is 4. The quantitative estimate of drug-likeness (QED) is 0.566. The molecule has 1 aromatic heterocycles. The third-order valence-corrected chi connectivity index (χ3v) is 5.81. The van der Waals surface area contributed by atoms with E-state index < -0.39 is 10.0 Å². The van der Waals surface area contributed by atoms with Crippen LogP contribution in [0, 0.1) is 0 Å². The van der Waals surface area contributed by atoms with Gasteiger partial charge >= 0.3 is 0 Å². The number of anilines is 1. The number of nitrogens with one attached hydrogen (secondary N) is 1. The zero-order valence-corrected chi connectivity index (χ0v) is 18.4. The van der Waals surface area contributed by atoms with Crippen molar-refractivity contribution in [3.05, 3.63) is 93.7 Å². The normalized spacial score (nSPS) is 11.2. The van der Waals surface area contributed by atoms with Gasteiger partial charge in [-0.25, -0.2) is 8.42 Å².